The van der Waals surface area contributed by atoms with Crippen LogP contribution in [0, 0.1) is 6.92 Å². The summed E-state index contributed by atoms with van der Waals surface area (Å²) in [5.74, 6) is 0.417. The minimum Gasteiger partial charge on any atom is -0.494 e. The Morgan fingerprint density at radius 1 is 1.24 bits per heavy atom. The number of hydrogen-bond donors (Lipinski definition) is 0. The van der Waals surface area contributed by atoms with E-state index in [9.17, 15) is 13.2 Å². The van der Waals surface area contributed by atoms with Crippen LogP contribution in [-0.2, 0) is 14.6 Å². The first-order valence-corrected chi connectivity index (χ1v) is 13.3. The quantitative estimate of drug-likeness (QED) is 0.482. The second kappa shape index (κ2) is 9.40. The van der Waals surface area contributed by atoms with Crippen LogP contribution in [0.15, 0.2) is 41.3 Å². The summed E-state index contributed by atoms with van der Waals surface area (Å²) in [6.07, 6.45) is 1.77. The fraction of sp³-hybridized carbons (Fsp3) is 0.417. The van der Waals surface area contributed by atoms with E-state index < -0.39 is 15.1 Å². The number of fused-ring (bicyclic) bond motifs is 1. The molecule has 176 valence electrons. The van der Waals surface area contributed by atoms with Crippen molar-refractivity contribution in [3.63, 3.8) is 0 Å². The Balaban J connectivity index is 1.73. The number of carbonyl (C=O) groups is 1. The molecule has 0 spiro atoms. The number of thiazole rings is 1. The molecule has 1 aliphatic heterocycles. The van der Waals surface area contributed by atoms with Gasteiger partial charge in [0.25, 0.3) is 5.91 Å². The molecule has 1 aromatic heterocycles. The van der Waals surface area contributed by atoms with E-state index in [1.165, 1.54) is 23.5 Å². The third-order valence-corrected chi connectivity index (χ3v) is 9.23. The molecule has 2 aromatic carbocycles. The molecule has 1 atom stereocenters. The average molecular weight is 489 g/mol. The first-order chi connectivity index (χ1) is 15.7. The maximum atomic E-state index is 13.6. The van der Waals surface area contributed by atoms with Gasteiger partial charge in [-0.05, 0) is 69.5 Å². The van der Waals surface area contributed by atoms with Crippen LogP contribution in [0.25, 0.3) is 10.2 Å². The molecule has 7 nitrogen and oxygen atoms in total. The maximum Gasteiger partial charge on any atom is 0.260 e. The molecule has 3 aromatic rings. The summed E-state index contributed by atoms with van der Waals surface area (Å²) in [6.45, 7) is 6.35. The Morgan fingerprint density at radius 3 is 2.58 bits per heavy atom. The van der Waals surface area contributed by atoms with E-state index in [1.54, 1.807) is 38.0 Å². The number of benzene rings is 2. The largest absolute Gasteiger partial charge is 0.494 e. The molecular formula is C24H28N2O5S2. The highest BCUT2D eigenvalue weighted by Gasteiger charge is 2.28. The molecule has 0 N–H and O–H groups in total. The van der Waals surface area contributed by atoms with Gasteiger partial charge >= 0.3 is 0 Å². The average Bonchev–Trinajstić information content (AvgIpc) is 3.48. The van der Waals surface area contributed by atoms with Crippen LogP contribution in [0.5, 0.6) is 5.75 Å². The molecule has 0 saturated carbocycles. The molecule has 1 amide bonds. The highest BCUT2D eigenvalue weighted by atomic mass is 32.2. The zero-order valence-electron chi connectivity index (χ0n) is 19.2. The number of aromatic nitrogens is 1. The highest BCUT2D eigenvalue weighted by molar-refractivity contribution is 7.92. The molecule has 2 heterocycles. The van der Waals surface area contributed by atoms with Gasteiger partial charge in [0.05, 0.1) is 34.6 Å². The summed E-state index contributed by atoms with van der Waals surface area (Å²) >= 11 is 1.44. The van der Waals surface area contributed by atoms with Crippen LogP contribution in [-0.4, -0.2) is 50.9 Å². The van der Waals surface area contributed by atoms with Crippen LogP contribution in [0.3, 0.4) is 0 Å². The number of sulfone groups is 1. The van der Waals surface area contributed by atoms with Crippen molar-refractivity contribution in [1.82, 2.24) is 4.98 Å². The Bertz CT molecular complexity index is 1260. The van der Waals surface area contributed by atoms with Crippen LogP contribution in [0.2, 0.25) is 0 Å². The van der Waals surface area contributed by atoms with Crippen molar-refractivity contribution in [1.29, 1.82) is 0 Å². The van der Waals surface area contributed by atoms with Crippen LogP contribution in [0.4, 0.5) is 5.13 Å². The summed E-state index contributed by atoms with van der Waals surface area (Å²) < 4.78 is 37.2. The molecule has 33 heavy (non-hydrogen) atoms. The van der Waals surface area contributed by atoms with E-state index in [0.717, 1.165) is 28.6 Å². The molecule has 4 rings (SSSR count). The number of hydrogen-bond acceptors (Lipinski definition) is 7. The molecule has 1 unspecified atom stereocenters. The molecule has 9 heteroatoms. The summed E-state index contributed by atoms with van der Waals surface area (Å²) in [7, 11) is -1.81. The number of rotatable bonds is 7. The number of amides is 1. The van der Waals surface area contributed by atoms with Gasteiger partial charge in [-0.25, -0.2) is 13.4 Å². The maximum absolute atomic E-state index is 13.6. The van der Waals surface area contributed by atoms with Crippen molar-refractivity contribution >= 4 is 42.4 Å². The zero-order chi connectivity index (χ0) is 23.8. The fourth-order valence-electron chi connectivity index (χ4n) is 3.83. The topological polar surface area (TPSA) is 85.8 Å². The minimum absolute atomic E-state index is 0.0652. The van der Waals surface area contributed by atoms with E-state index >= 15 is 0 Å². The molecule has 1 saturated heterocycles. The molecule has 0 aliphatic carbocycles. The Labute approximate surface area is 198 Å². The van der Waals surface area contributed by atoms with Gasteiger partial charge in [-0.3, -0.25) is 9.69 Å². The Kier molecular flexibility index (Phi) is 6.74. The van der Waals surface area contributed by atoms with Crippen molar-refractivity contribution in [2.75, 3.05) is 25.2 Å². The van der Waals surface area contributed by atoms with Gasteiger partial charge in [-0.2, -0.15) is 0 Å². The summed E-state index contributed by atoms with van der Waals surface area (Å²) in [5, 5.41) is 0.0352. The van der Waals surface area contributed by atoms with Gasteiger partial charge in [-0.1, -0.05) is 17.4 Å². The number of ether oxygens (including phenoxy) is 2. The van der Waals surface area contributed by atoms with Gasteiger partial charge < -0.3 is 9.47 Å². The van der Waals surface area contributed by atoms with E-state index in [4.69, 9.17) is 14.5 Å². The highest BCUT2D eigenvalue weighted by Crippen LogP contribution is 2.37. The lowest BCUT2D eigenvalue weighted by Gasteiger charge is -2.23. The van der Waals surface area contributed by atoms with Crippen LogP contribution < -0.4 is 9.64 Å². The normalized spacial score (nSPS) is 16.5. The van der Waals surface area contributed by atoms with Crippen molar-refractivity contribution in [2.24, 2.45) is 0 Å². The smallest absolute Gasteiger partial charge is 0.260 e. The van der Waals surface area contributed by atoms with E-state index in [2.05, 4.69) is 0 Å². The van der Waals surface area contributed by atoms with E-state index in [-0.39, 0.29) is 16.9 Å². The standard InChI is InChI=1S/C24H28N2O5S2/c1-15(2)33(28,29)19-10-8-17(9-11-19)23(27)26(14-18-6-5-13-31-18)24-25-21-20(30-4)12-7-16(3)22(21)32-24/h7-12,15,18H,5-6,13-14H2,1-4H3. The lowest BCUT2D eigenvalue weighted by Crippen LogP contribution is -2.37. The van der Waals surface area contributed by atoms with Crippen molar-refractivity contribution < 1.29 is 22.7 Å². The minimum atomic E-state index is -3.41. The Hall–Kier alpha value is -2.49. The van der Waals surface area contributed by atoms with Crippen molar-refractivity contribution in [3.8, 4) is 5.75 Å². The lowest BCUT2D eigenvalue weighted by atomic mass is 10.2. The van der Waals surface area contributed by atoms with Gasteiger partial charge in [0.1, 0.15) is 11.3 Å². The third-order valence-electron chi connectivity index (χ3n) is 5.85. The SMILES string of the molecule is COc1ccc(C)c2sc(N(CC3CCCO3)C(=O)c3ccc(S(=O)(=O)C(C)C)cc3)nc12. The predicted octanol–water partition coefficient (Wildman–Crippen LogP) is 4.62. The monoisotopic (exact) mass is 488 g/mol. The molecule has 1 fully saturated rings. The first kappa shape index (κ1) is 23.7. The number of aryl methyl sites for hydroxylation is 1. The van der Waals surface area contributed by atoms with E-state index in [0.29, 0.717) is 29.6 Å². The molecule has 0 radical (unpaired) electrons. The fourth-order valence-corrected chi connectivity index (χ4v) is 5.95. The number of anilines is 1. The number of methoxy groups -OCH3 is 1. The Morgan fingerprint density at radius 2 is 1.97 bits per heavy atom. The van der Waals surface area contributed by atoms with Crippen molar-refractivity contribution in [3.05, 3.63) is 47.5 Å². The first-order valence-electron chi connectivity index (χ1n) is 10.9. The molecule has 1 aliphatic rings. The summed E-state index contributed by atoms with van der Waals surface area (Å²) in [6, 6.07) is 9.99. The second-order valence-electron chi connectivity index (χ2n) is 8.43. The van der Waals surface area contributed by atoms with E-state index in [1.807, 2.05) is 19.1 Å². The van der Waals surface area contributed by atoms with Gasteiger partial charge in [0, 0.05) is 12.2 Å². The molecular weight excluding hydrogens is 460 g/mol. The molecule has 0 bridgehead atoms. The summed E-state index contributed by atoms with van der Waals surface area (Å²) in [4.78, 5) is 20.2. The second-order valence-corrected chi connectivity index (χ2v) is 11.9. The zero-order valence-corrected chi connectivity index (χ0v) is 20.8. The summed E-state index contributed by atoms with van der Waals surface area (Å²) in [5.41, 5.74) is 2.18. The third kappa shape index (κ3) is 4.62. The number of carbonyl (C=O) groups excluding carboxylic acids is 1. The van der Waals surface area contributed by atoms with Gasteiger partial charge in [0.2, 0.25) is 0 Å². The van der Waals surface area contributed by atoms with Gasteiger partial charge in [0.15, 0.2) is 15.0 Å². The van der Waals surface area contributed by atoms with Crippen LogP contribution >= 0.6 is 11.3 Å². The lowest BCUT2D eigenvalue weighted by molar-refractivity contribution is 0.0917. The van der Waals surface area contributed by atoms with Gasteiger partial charge in [-0.15, -0.1) is 0 Å². The number of nitrogens with zero attached hydrogens (tertiary/aromatic N) is 2. The predicted molar refractivity (Wildman–Crippen MR) is 130 cm³/mol. The van der Waals surface area contributed by atoms with Crippen molar-refractivity contribution in [2.45, 2.75) is 49.9 Å². The van der Waals surface area contributed by atoms with Crippen LogP contribution in [0.1, 0.15) is 42.6 Å².